The lowest BCUT2D eigenvalue weighted by molar-refractivity contribution is -0.121. The Morgan fingerprint density at radius 1 is 1.21 bits per heavy atom. The number of rotatable bonds is 4. The molecular formula is C22H23N3O4. The van der Waals surface area contributed by atoms with Crippen LogP contribution in [0.1, 0.15) is 29.0 Å². The molecule has 3 aromatic rings. The van der Waals surface area contributed by atoms with Crippen molar-refractivity contribution >= 4 is 28.6 Å². The Morgan fingerprint density at radius 3 is 2.69 bits per heavy atom. The molecule has 0 aliphatic carbocycles. The number of methoxy groups -OCH3 is 1. The number of nitrogens with zero attached hydrogens (tertiary/aromatic N) is 2. The summed E-state index contributed by atoms with van der Waals surface area (Å²) in [6, 6.07) is 10.8. The summed E-state index contributed by atoms with van der Waals surface area (Å²) < 4.78 is 11.0. The van der Waals surface area contributed by atoms with Gasteiger partial charge >= 0.3 is 0 Å². The minimum Gasteiger partial charge on any atom is -0.497 e. The lowest BCUT2D eigenvalue weighted by Gasteiger charge is -2.31. The molecule has 2 amide bonds. The highest BCUT2D eigenvalue weighted by atomic mass is 16.5. The Kier molecular flexibility index (Phi) is 5.20. The van der Waals surface area contributed by atoms with Crippen LogP contribution in [0.5, 0.6) is 5.75 Å². The molecule has 150 valence electrons. The van der Waals surface area contributed by atoms with Gasteiger partial charge in [-0.15, -0.1) is 0 Å². The van der Waals surface area contributed by atoms with E-state index < -0.39 is 0 Å². The smallest absolute Gasteiger partial charge is 0.258 e. The lowest BCUT2D eigenvalue weighted by atomic mass is 9.95. The molecule has 0 radical (unpaired) electrons. The van der Waals surface area contributed by atoms with Gasteiger partial charge in [-0.3, -0.25) is 9.59 Å². The molecule has 7 nitrogen and oxygen atoms in total. The molecule has 1 fully saturated rings. The van der Waals surface area contributed by atoms with Crippen molar-refractivity contribution < 1.29 is 18.7 Å². The van der Waals surface area contributed by atoms with E-state index in [0.29, 0.717) is 54.4 Å². The number of likely N-dealkylation sites (tertiary alicyclic amines) is 1. The van der Waals surface area contributed by atoms with E-state index in [2.05, 4.69) is 10.3 Å². The Labute approximate surface area is 168 Å². The topological polar surface area (TPSA) is 84.7 Å². The van der Waals surface area contributed by atoms with Crippen LogP contribution >= 0.6 is 0 Å². The average molecular weight is 393 g/mol. The molecular weight excluding hydrogens is 370 g/mol. The molecule has 0 unspecified atom stereocenters. The Hall–Kier alpha value is -3.35. The first kappa shape index (κ1) is 19.0. The van der Waals surface area contributed by atoms with Crippen molar-refractivity contribution in [1.29, 1.82) is 0 Å². The maximum Gasteiger partial charge on any atom is 0.258 e. The SMILES string of the molecule is COc1ccc2oc(C)c(C(=O)N3CCC(C(=O)Nc4ccccn4)CC3)c2c1. The van der Waals surface area contributed by atoms with Gasteiger partial charge in [-0.05, 0) is 50.1 Å². The molecule has 3 heterocycles. The summed E-state index contributed by atoms with van der Waals surface area (Å²) in [7, 11) is 1.59. The van der Waals surface area contributed by atoms with Crippen LogP contribution in [-0.4, -0.2) is 41.9 Å². The number of carbonyl (C=O) groups is 2. The molecule has 1 N–H and O–H groups in total. The summed E-state index contributed by atoms with van der Waals surface area (Å²) in [4.78, 5) is 31.6. The molecule has 0 bridgehead atoms. The van der Waals surface area contributed by atoms with E-state index >= 15 is 0 Å². The second-order valence-electron chi connectivity index (χ2n) is 7.17. The van der Waals surface area contributed by atoms with Crippen LogP contribution in [-0.2, 0) is 4.79 Å². The number of ether oxygens (including phenoxy) is 1. The number of aryl methyl sites for hydroxylation is 1. The number of hydrogen-bond donors (Lipinski definition) is 1. The van der Waals surface area contributed by atoms with Crippen LogP contribution in [0.2, 0.25) is 0 Å². The molecule has 0 saturated carbocycles. The number of carbonyl (C=O) groups excluding carboxylic acids is 2. The van der Waals surface area contributed by atoms with E-state index in [9.17, 15) is 9.59 Å². The first-order valence-electron chi connectivity index (χ1n) is 9.65. The van der Waals surface area contributed by atoms with Crippen LogP contribution in [0.3, 0.4) is 0 Å². The fourth-order valence-corrected chi connectivity index (χ4v) is 3.76. The van der Waals surface area contributed by atoms with Gasteiger partial charge in [0.1, 0.15) is 22.9 Å². The summed E-state index contributed by atoms with van der Waals surface area (Å²) in [6.07, 6.45) is 2.87. The van der Waals surface area contributed by atoms with Gasteiger partial charge in [0, 0.05) is 30.6 Å². The third-order valence-corrected chi connectivity index (χ3v) is 5.35. The van der Waals surface area contributed by atoms with Crippen molar-refractivity contribution in [3.05, 3.63) is 53.9 Å². The van der Waals surface area contributed by atoms with Crippen molar-refractivity contribution in [3.8, 4) is 5.75 Å². The van der Waals surface area contributed by atoms with E-state index in [4.69, 9.17) is 9.15 Å². The summed E-state index contributed by atoms with van der Waals surface area (Å²) >= 11 is 0. The van der Waals surface area contributed by atoms with Gasteiger partial charge in [0.25, 0.3) is 5.91 Å². The normalized spacial score (nSPS) is 14.8. The predicted molar refractivity (Wildman–Crippen MR) is 109 cm³/mol. The number of furan rings is 1. The lowest BCUT2D eigenvalue weighted by Crippen LogP contribution is -2.41. The standard InChI is InChI=1S/C22H23N3O4/c1-14-20(17-13-16(28-2)6-7-18(17)29-14)22(27)25-11-8-15(9-12-25)21(26)24-19-5-3-4-10-23-19/h3-7,10,13,15H,8-9,11-12H2,1-2H3,(H,23,24,26). The molecule has 1 aliphatic rings. The van der Waals surface area contributed by atoms with Crippen molar-refractivity contribution in [2.75, 3.05) is 25.5 Å². The maximum absolute atomic E-state index is 13.2. The molecule has 29 heavy (non-hydrogen) atoms. The molecule has 2 aromatic heterocycles. The van der Waals surface area contributed by atoms with Gasteiger partial charge in [0.05, 0.1) is 12.7 Å². The highest BCUT2D eigenvalue weighted by Gasteiger charge is 2.30. The number of aromatic nitrogens is 1. The van der Waals surface area contributed by atoms with Crippen LogP contribution in [0.25, 0.3) is 11.0 Å². The molecule has 1 aromatic carbocycles. The second kappa shape index (κ2) is 7.95. The molecule has 0 spiro atoms. The summed E-state index contributed by atoms with van der Waals surface area (Å²) in [5, 5.41) is 3.60. The van der Waals surface area contributed by atoms with Crippen LogP contribution in [0, 0.1) is 12.8 Å². The van der Waals surface area contributed by atoms with Gasteiger partial charge in [-0.2, -0.15) is 0 Å². The van der Waals surface area contributed by atoms with E-state index in [1.165, 1.54) is 0 Å². The summed E-state index contributed by atoms with van der Waals surface area (Å²) in [5.74, 6) is 1.56. The van der Waals surface area contributed by atoms with E-state index in [-0.39, 0.29) is 17.7 Å². The second-order valence-corrected chi connectivity index (χ2v) is 7.17. The highest BCUT2D eigenvalue weighted by Crippen LogP contribution is 2.31. The molecule has 4 rings (SSSR count). The Morgan fingerprint density at radius 2 is 2.00 bits per heavy atom. The maximum atomic E-state index is 13.2. The largest absolute Gasteiger partial charge is 0.497 e. The predicted octanol–water partition coefficient (Wildman–Crippen LogP) is 3.64. The quantitative estimate of drug-likeness (QED) is 0.732. The number of nitrogens with one attached hydrogen (secondary N) is 1. The van der Waals surface area contributed by atoms with Gasteiger partial charge in [-0.1, -0.05) is 6.07 Å². The van der Waals surface area contributed by atoms with Gasteiger partial charge in [-0.25, -0.2) is 4.98 Å². The minimum absolute atomic E-state index is 0.0505. The van der Waals surface area contributed by atoms with Crippen molar-refractivity contribution in [2.24, 2.45) is 5.92 Å². The number of benzene rings is 1. The zero-order valence-corrected chi connectivity index (χ0v) is 16.5. The van der Waals surface area contributed by atoms with E-state index in [0.717, 1.165) is 5.39 Å². The van der Waals surface area contributed by atoms with Gasteiger partial charge in [0.2, 0.25) is 5.91 Å². The molecule has 7 heteroatoms. The number of anilines is 1. The summed E-state index contributed by atoms with van der Waals surface area (Å²) in [6.45, 7) is 2.84. The third-order valence-electron chi connectivity index (χ3n) is 5.35. The Balaban J connectivity index is 1.45. The van der Waals surface area contributed by atoms with E-state index in [1.54, 1.807) is 37.3 Å². The number of hydrogen-bond acceptors (Lipinski definition) is 5. The van der Waals surface area contributed by atoms with Gasteiger partial charge in [0.15, 0.2) is 0 Å². The van der Waals surface area contributed by atoms with Gasteiger partial charge < -0.3 is 19.4 Å². The highest BCUT2D eigenvalue weighted by molar-refractivity contribution is 6.07. The van der Waals surface area contributed by atoms with Crippen LogP contribution in [0.15, 0.2) is 47.0 Å². The first-order valence-corrected chi connectivity index (χ1v) is 9.65. The van der Waals surface area contributed by atoms with Crippen LogP contribution in [0.4, 0.5) is 5.82 Å². The fraction of sp³-hybridized carbons (Fsp3) is 0.318. The number of fused-ring (bicyclic) bond motifs is 1. The summed E-state index contributed by atoms with van der Waals surface area (Å²) in [5.41, 5.74) is 1.23. The average Bonchev–Trinajstić information content (AvgIpc) is 3.08. The fourth-order valence-electron chi connectivity index (χ4n) is 3.76. The van der Waals surface area contributed by atoms with E-state index in [1.807, 2.05) is 24.3 Å². The third kappa shape index (κ3) is 3.81. The monoisotopic (exact) mass is 393 g/mol. The van der Waals surface area contributed by atoms with Crippen molar-refractivity contribution in [1.82, 2.24) is 9.88 Å². The molecule has 1 saturated heterocycles. The van der Waals surface area contributed by atoms with Crippen molar-refractivity contribution in [3.63, 3.8) is 0 Å². The zero-order valence-electron chi connectivity index (χ0n) is 16.5. The zero-order chi connectivity index (χ0) is 20.4. The molecule has 0 atom stereocenters. The van der Waals surface area contributed by atoms with Crippen LogP contribution < -0.4 is 10.1 Å². The van der Waals surface area contributed by atoms with Crippen molar-refractivity contribution in [2.45, 2.75) is 19.8 Å². The first-order chi connectivity index (χ1) is 14.1. The molecule has 1 aliphatic heterocycles. The Bertz CT molecular complexity index is 1040. The minimum atomic E-state index is -0.136. The number of piperidine rings is 1. The number of amides is 2. The number of pyridine rings is 1.